The van der Waals surface area contributed by atoms with E-state index in [1.807, 2.05) is 19.1 Å². The molecule has 162 valence electrons. The molecule has 1 N–H and O–H groups in total. The fraction of sp³-hybridized carbons (Fsp3) is 0.480. The van der Waals surface area contributed by atoms with Crippen LogP contribution in [0.3, 0.4) is 0 Å². The van der Waals surface area contributed by atoms with Crippen LogP contribution in [0.15, 0.2) is 46.9 Å². The van der Waals surface area contributed by atoms with Gasteiger partial charge in [-0.3, -0.25) is 9.88 Å². The standard InChI is InChI=1S/C25H29N3O3/c1-16-9-23(19-5-3-4-6-22(19)26-16)28-11-21-20(13-29)24-12-27(14-25(21,15-28)31-24)10-18-8-7-17(2)30-18/h3-9,20-21,24,29H,10-15H2,1-2H3/t20-,21+,24+,25+/m0/s1. The lowest BCUT2D eigenvalue weighted by atomic mass is 9.83. The average molecular weight is 420 g/mol. The highest BCUT2D eigenvalue weighted by molar-refractivity contribution is 5.92. The van der Waals surface area contributed by atoms with E-state index in [2.05, 4.69) is 47.1 Å². The third-order valence-corrected chi connectivity index (χ3v) is 7.41. The van der Waals surface area contributed by atoms with Gasteiger partial charge in [-0.05, 0) is 38.1 Å². The van der Waals surface area contributed by atoms with Crippen molar-refractivity contribution in [3.63, 3.8) is 0 Å². The molecular weight excluding hydrogens is 390 g/mol. The highest BCUT2D eigenvalue weighted by atomic mass is 16.5. The van der Waals surface area contributed by atoms with Crippen LogP contribution in [0.2, 0.25) is 0 Å². The third kappa shape index (κ3) is 3.08. The van der Waals surface area contributed by atoms with Gasteiger partial charge in [0.1, 0.15) is 17.1 Å². The predicted molar refractivity (Wildman–Crippen MR) is 119 cm³/mol. The van der Waals surface area contributed by atoms with Crippen LogP contribution < -0.4 is 4.90 Å². The number of nitrogens with zero attached hydrogens (tertiary/aromatic N) is 3. The third-order valence-electron chi connectivity index (χ3n) is 7.41. The SMILES string of the molecule is Cc1cc(N2C[C@@H]3[C@H](CO)[C@H]4CN(Cc5ccc(C)o5)C[C@]3(C2)O4)c2ccccc2n1. The van der Waals surface area contributed by atoms with Crippen LogP contribution in [0.5, 0.6) is 0 Å². The van der Waals surface area contributed by atoms with Gasteiger partial charge >= 0.3 is 0 Å². The Labute approximate surface area is 182 Å². The number of anilines is 1. The molecule has 6 nitrogen and oxygen atoms in total. The molecule has 5 heterocycles. The Morgan fingerprint density at radius 3 is 2.81 bits per heavy atom. The zero-order valence-electron chi connectivity index (χ0n) is 18.1. The summed E-state index contributed by atoms with van der Waals surface area (Å²) in [4.78, 5) is 9.63. The highest BCUT2D eigenvalue weighted by Crippen LogP contribution is 2.50. The average Bonchev–Trinajstić information content (AvgIpc) is 3.36. The predicted octanol–water partition coefficient (Wildman–Crippen LogP) is 3.14. The first-order chi connectivity index (χ1) is 15.0. The Morgan fingerprint density at radius 2 is 2.00 bits per heavy atom. The van der Waals surface area contributed by atoms with Gasteiger partial charge in [0.25, 0.3) is 0 Å². The van der Waals surface area contributed by atoms with E-state index < -0.39 is 0 Å². The summed E-state index contributed by atoms with van der Waals surface area (Å²) in [6.45, 7) is 8.46. The first kappa shape index (κ1) is 19.3. The molecule has 6 rings (SSSR count). The summed E-state index contributed by atoms with van der Waals surface area (Å²) in [5.41, 5.74) is 3.03. The van der Waals surface area contributed by atoms with E-state index in [1.54, 1.807) is 0 Å². The minimum absolute atomic E-state index is 0.0814. The van der Waals surface area contributed by atoms with Crippen LogP contribution in [0.1, 0.15) is 17.2 Å². The zero-order valence-corrected chi connectivity index (χ0v) is 18.1. The maximum Gasteiger partial charge on any atom is 0.118 e. The maximum absolute atomic E-state index is 10.3. The zero-order chi connectivity index (χ0) is 21.2. The van der Waals surface area contributed by atoms with Gasteiger partial charge in [-0.25, -0.2) is 0 Å². The summed E-state index contributed by atoms with van der Waals surface area (Å²) >= 11 is 0. The van der Waals surface area contributed by atoms with Crippen molar-refractivity contribution in [2.45, 2.75) is 32.1 Å². The summed E-state index contributed by atoms with van der Waals surface area (Å²) in [7, 11) is 0. The maximum atomic E-state index is 10.3. The van der Waals surface area contributed by atoms with E-state index in [4.69, 9.17) is 14.1 Å². The molecule has 0 aliphatic carbocycles. The Hall–Kier alpha value is -2.41. The number of benzene rings is 1. The fourth-order valence-electron chi connectivity index (χ4n) is 6.17. The van der Waals surface area contributed by atoms with E-state index in [0.717, 1.165) is 55.5 Å². The minimum atomic E-state index is -0.254. The number of morpholine rings is 1. The molecule has 2 bridgehead atoms. The quantitative estimate of drug-likeness (QED) is 0.701. The first-order valence-electron chi connectivity index (χ1n) is 11.2. The number of rotatable bonds is 4. The van der Waals surface area contributed by atoms with E-state index >= 15 is 0 Å². The van der Waals surface area contributed by atoms with E-state index in [0.29, 0.717) is 5.92 Å². The number of aliphatic hydroxyl groups is 1. The number of fused-ring (bicyclic) bond motifs is 2. The first-order valence-corrected chi connectivity index (χ1v) is 11.2. The molecule has 0 radical (unpaired) electrons. The van der Waals surface area contributed by atoms with Crippen molar-refractivity contribution >= 4 is 16.6 Å². The topological polar surface area (TPSA) is 62.0 Å². The summed E-state index contributed by atoms with van der Waals surface area (Å²) in [5, 5.41) is 11.4. The van der Waals surface area contributed by atoms with Gasteiger partial charge in [0.05, 0.1) is 18.2 Å². The molecule has 6 heteroatoms. The number of likely N-dealkylation sites (tertiary alicyclic amines) is 1. The van der Waals surface area contributed by atoms with Gasteiger partial charge in [-0.15, -0.1) is 0 Å². The lowest BCUT2D eigenvalue weighted by Gasteiger charge is -2.40. The normalized spacial score (nSPS) is 30.3. The number of aryl methyl sites for hydroxylation is 2. The molecule has 31 heavy (non-hydrogen) atoms. The van der Waals surface area contributed by atoms with E-state index in [-0.39, 0.29) is 24.2 Å². The number of aromatic nitrogens is 1. The van der Waals surface area contributed by atoms with Crippen molar-refractivity contribution in [1.82, 2.24) is 9.88 Å². The molecule has 0 saturated carbocycles. The minimum Gasteiger partial charge on any atom is -0.465 e. The fourth-order valence-corrected chi connectivity index (χ4v) is 6.17. The Kier molecular flexibility index (Phi) is 4.39. The molecule has 1 spiro atoms. The van der Waals surface area contributed by atoms with Crippen LogP contribution in [0, 0.1) is 25.7 Å². The second-order valence-electron chi connectivity index (χ2n) is 9.54. The molecule has 3 aliphatic heterocycles. The highest BCUT2D eigenvalue weighted by Gasteiger charge is 2.62. The molecule has 2 aromatic heterocycles. The van der Waals surface area contributed by atoms with Crippen LogP contribution in [-0.4, -0.2) is 59.5 Å². The van der Waals surface area contributed by atoms with E-state index in [1.165, 1.54) is 11.1 Å². The second kappa shape index (κ2) is 7.05. The van der Waals surface area contributed by atoms with Crippen LogP contribution >= 0.6 is 0 Å². The van der Waals surface area contributed by atoms with Crippen molar-refractivity contribution in [3.05, 3.63) is 59.7 Å². The largest absolute Gasteiger partial charge is 0.465 e. The van der Waals surface area contributed by atoms with Crippen molar-refractivity contribution in [1.29, 1.82) is 0 Å². The molecule has 3 fully saturated rings. The number of hydrogen-bond donors (Lipinski definition) is 1. The molecule has 0 unspecified atom stereocenters. The second-order valence-corrected chi connectivity index (χ2v) is 9.54. The van der Waals surface area contributed by atoms with Crippen molar-refractivity contribution in [2.75, 3.05) is 37.7 Å². The van der Waals surface area contributed by atoms with Gasteiger partial charge < -0.3 is 19.2 Å². The number of aliphatic hydroxyl groups excluding tert-OH is 1. The van der Waals surface area contributed by atoms with Gasteiger partial charge in [0.2, 0.25) is 0 Å². The Balaban J connectivity index is 1.33. The smallest absolute Gasteiger partial charge is 0.118 e. The summed E-state index contributed by atoms with van der Waals surface area (Å²) in [5.74, 6) is 2.43. The van der Waals surface area contributed by atoms with E-state index in [9.17, 15) is 5.11 Å². The molecular formula is C25H29N3O3. The number of furan rings is 1. The van der Waals surface area contributed by atoms with Crippen molar-refractivity contribution in [3.8, 4) is 0 Å². The molecule has 1 aromatic carbocycles. The summed E-state index contributed by atoms with van der Waals surface area (Å²) < 4.78 is 12.5. The van der Waals surface area contributed by atoms with Crippen LogP contribution in [0.4, 0.5) is 5.69 Å². The van der Waals surface area contributed by atoms with Gasteiger partial charge in [0, 0.05) is 61.4 Å². The Bertz CT molecular complexity index is 1130. The summed E-state index contributed by atoms with van der Waals surface area (Å²) in [6.07, 6.45) is 0.0814. The number of pyridine rings is 1. The van der Waals surface area contributed by atoms with Crippen LogP contribution in [0.25, 0.3) is 10.9 Å². The van der Waals surface area contributed by atoms with Crippen molar-refractivity contribution < 1.29 is 14.3 Å². The lowest BCUT2D eigenvalue weighted by Crippen LogP contribution is -2.53. The number of hydrogen-bond acceptors (Lipinski definition) is 6. The van der Waals surface area contributed by atoms with Gasteiger partial charge in [-0.2, -0.15) is 0 Å². The molecule has 3 aromatic rings. The monoisotopic (exact) mass is 419 g/mol. The molecule has 0 amide bonds. The number of ether oxygens (including phenoxy) is 1. The molecule has 3 aliphatic rings. The van der Waals surface area contributed by atoms with Crippen LogP contribution in [-0.2, 0) is 11.3 Å². The molecule has 3 saturated heterocycles. The summed E-state index contributed by atoms with van der Waals surface area (Å²) in [6, 6.07) is 14.6. The van der Waals surface area contributed by atoms with Crippen molar-refractivity contribution in [2.24, 2.45) is 11.8 Å². The molecule has 4 atom stereocenters. The number of para-hydroxylation sites is 1. The lowest BCUT2D eigenvalue weighted by molar-refractivity contribution is -0.113. The van der Waals surface area contributed by atoms with Gasteiger partial charge in [-0.1, -0.05) is 18.2 Å². The Morgan fingerprint density at radius 1 is 1.13 bits per heavy atom. The van der Waals surface area contributed by atoms with Gasteiger partial charge in [0.15, 0.2) is 0 Å².